The molecule has 122 valence electrons. The van der Waals surface area contributed by atoms with Gasteiger partial charge in [0.25, 0.3) is 11.5 Å². The zero-order chi connectivity index (χ0) is 17.1. The molecule has 1 aromatic heterocycles. The van der Waals surface area contributed by atoms with Gasteiger partial charge in [0.15, 0.2) is 0 Å². The number of carbonyl (C=O) groups is 1. The average molecular weight is 320 g/mol. The number of hydrogen-bond acceptors (Lipinski definition) is 2. The van der Waals surface area contributed by atoms with Crippen molar-refractivity contribution >= 4 is 16.8 Å². The van der Waals surface area contributed by atoms with Crippen molar-refractivity contribution in [2.24, 2.45) is 0 Å². The van der Waals surface area contributed by atoms with Crippen molar-refractivity contribution in [1.82, 2.24) is 9.88 Å². The van der Waals surface area contributed by atoms with E-state index in [1.54, 1.807) is 4.90 Å². The van der Waals surface area contributed by atoms with Crippen LogP contribution in [0.25, 0.3) is 10.9 Å². The molecule has 0 saturated carbocycles. The normalized spacial score (nSPS) is 10.8. The fourth-order valence-electron chi connectivity index (χ4n) is 2.80. The Balaban J connectivity index is 1.91. The third kappa shape index (κ3) is 3.23. The van der Waals surface area contributed by atoms with Crippen molar-refractivity contribution in [3.8, 4) is 0 Å². The minimum Gasteiger partial charge on any atom is -0.334 e. The molecule has 0 unspecified atom stereocenters. The Bertz CT molecular complexity index is 944. The highest BCUT2D eigenvalue weighted by atomic mass is 16.2. The Labute approximate surface area is 140 Å². The Morgan fingerprint density at radius 1 is 1.08 bits per heavy atom. The first-order valence-corrected chi connectivity index (χ1v) is 8.05. The zero-order valence-corrected chi connectivity index (χ0v) is 13.9. The van der Waals surface area contributed by atoms with Crippen molar-refractivity contribution in [2.75, 3.05) is 6.54 Å². The van der Waals surface area contributed by atoms with Crippen molar-refractivity contribution in [2.45, 2.75) is 20.4 Å². The van der Waals surface area contributed by atoms with Crippen molar-refractivity contribution in [3.63, 3.8) is 0 Å². The van der Waals surface area contributed by atoms with E-state index in [4.69, 9.17) is 0 Å². The van der Waals surface area contributed by atoms with Crippen LogP contribution in [0.3, 0.4) is 0 Å². The molecule has 0 radical (unpaired) electrons. The molecular formula is C20H20N2O2. The molecule has 3 rings (SSSR count). The fourth-order valence-corrected chi connectivity index (χ4v) is 2.80. The number of rotatable bonds is 4. The van der Waals surface area contributed by atoms with Gasteiger partial charge in [-0.05, 0) is 43.5 Å². The monoisotopic (exact) mass is 320 g/mol. The molecule has 0 fully saturated rings. The van der Waals surface area contributed by atoms with Gasteiger partial charge in [0.2, 0.25) is 0 Å². The summed E-state index contributed by atoms with van der Waals surface area (Å²) >= 11 is 0. The maximum absolute atomic E-state index is 12.7. The summed E-state index contributed by atoms with van der Waals surface area (Å²) in [6.07, 6.45) is 0. The minimum atomic E-state index is -0.149. The van der Waals surface area contributed by atoms with Crippen LogP contribution in [0.5, 0.6) is 0 Å². The highest BCUT2D eigenvalue weighted by Crippen LogP contribution is 2.13. The third-order valence-electron chi connectivity index (χ3n) is 4.13. The summed E-state index contributed by atoms with van der Waals surface area (Å²) in [7, 11) is 0. The summed E-state index contributed by atoms with van der Waals surface area (Å²) in [5.74, 6) is -0.0613. The number of aryl methyl sites for hydroxylation is 1. The standard InChI is InChI=1S/C20H20N2O2/c1-3-22(20(24)16-9-6-7-14(2)11-16)13-17-12-15-8-4-5-10-18(15)21-19(17)23/h4-12H,3,13H2,1-2H3,(H,21,23). The fraction of sp³-hybridized carbons (Fsp3) is 0.200. The molecule has 0 aliphatic rings. The molecule has 4 nitrogen and oxygen atoms in total. The SMILES string of the molecule is CCN(Cc1cc2ccccc2[nH]c1=O)C(=O)c1cccc(C)c1. The maximum Gasteiger partial charge on any atom is 0.254 e. The molecule has 0 saturated heterocycles. The van der Waals surface area contributed by atoms with Crippen LogP contribution in [0.4, 0.5) is 0 Å². The van der Waals surface area contributed by atoms with Gasteiger partial charge in [0.05, 0.1) is 6.54 Å². The lowest BCUT2D eigenvalue weighted by Gasteiger charge is -2.21. The lowest BCUT2D eigenvalue weighted by atomic mass is 10.1. The first-order chi connectivity index (χ1) is 11.6. The second-order valence-corrected chi connectivity index (χ2v) is 5.90. The van der Waals surface area contributed by atoms with Gasteiger partial charge in [-0.25, -0.2) is 0 Å². The Morgan fingerprint density at radius 3 is 2.62 bits per heavy atom. The van der Waals surface area contributed by atoms with Crippen LogP contribution in [0.15, 0.2) is 59.4 Å². The van der Waals surface area contributed by atoms with Gasteiger partial charge in [0.1, 0.15) is 0 Å². The van der Waals surface area contributed by atoms with Gasteiger partial charge in [0, 0.05) is 23.2 Å². The van der Waals surface area contributed by atoms with Gasteiger partial charge in [-0.15, -0.1) is 0 Å². The zero-order valence-electron chi connectivity index (χ0n) is 13.9. The summed E-state index contributed by atoms with van der Waals surface area (Å²) in [5.41, 5.74) is 2.94. The molecule has 0 bridgehead atoms. The molecule has 3 aromatic rings. The van der Waals surface area contributed by atoms with Gasteiger partial charge in [-0.2, -0.15) is 0 Å². The summed E-state index contributed by atoms with van der Waals surface area (Å²) < 4.78 is 0. The molecule has 0 aliphatic carbocycles. The van der Waals surface area contributed by atoms with Crippen molar-refractivity contribution < 1.29 is 4.79 Å². The molecule has 1 heterocycles. The van der Waals surface area contributed by atoms with Crippen LogP contribution in [-0.2, 0) is 6.54 Å². The second-order valence-electron chi connectivity index (χ2n) is 5.90. The summed E-state index contributed by atoms with van der Waals surface area (Å²) in [6.45, 7) is 4.71. The molecule has 0 spiro atoms. The number of nitrogens with one attached hydrogen (secondary N) is 1. The number of aromatic nitrogens is 1. The predicted octanol–water partition coefficient (Wildman–Crippen LogP) is 3.50. The summed E-state index contributed by atoms with van der Waals surface area (Å²) in [4.78, 5) is 29.6. The van der Waals surface area contributed by atoms with Crippen molar-refractivity contribution in [1.29, 1.82) is 0 Å². The minimum absolute atomic E-state index is 0.0613. The van der Waals surface area contributed by atoms with Gasteiger partial charge < -0.3 is 9.88 Å². The number of carbonyl (C=O) groups excluding carboxylic acids is 1. The highest BCUT2D eigenvalue weighted by Gasteiger charge is 2.16. The number of pyridine rings is 1. The average Bonchev–Trinajstić information content (AvgIpc) is 2.59. The lowest BCUT2D eigenvalue weighted by Crippen LogP contribution is -2.32. The van der Waals surface area contributed by atoms with Crippen LogP contribution in [0, 0.1) is 6.92 Å². The van der Waals surface area contributed by atoms with E-state index in [1.165, 1.54) is 0 Å². The number of benzene rings is 2. The first kappa shape index (κ1) is 16.0. The van der Waals surface area contributed by atoms with Gasteiger partial charge >= 0.3 is 0 Å². The Morgan fingerprint density at radius 2 is 1.88 bits per heavy atom. The van der Waals surface area contributed by atoms with Gasteiger partial charge in [-0.1, -0.05) is 35.9 Å². The summed E-state index contributed by atoms with van der Waals surface area (Å²) in [5, 5.41) is 0.964. The maximum atomic E-state index is 12.7. The van der Waals surface area contributed by atoms with Crippen LogP contribution < -0.4 is 5.56 Å². The number of hydrogen-bond donors (Lipinski definition) is 1. The molecule has 0 aliphatic heterocycles. The van der Waals surface area contributed by atoms with Gasteiger partial charge in [-0.3, -0.25) is 9.59 Å². The van der Waals surface area contributed by atoms with Crippen LogP contribution in [0.1, 0.15) is 28.4 Å². The summed E-state index contributed by atoms with van der Waals surface area (Å²) in [6, 6.07) is 17.0. The van der Waals surface area contributed by atoms with Crippen LogP contribution in [-0.4, -0.2) is 22.3 Å². The molecule has 0 atom stereocenters. The van der Waals surface area contributed by atoms with E-state index in [-0.39, 0.29) is 11.5 Å². The number of fused-ring (bicyclic) bond motifs is 1. The molecular weight excluding hydrogens is 300 g/mol. The number of para-hydroxylation sites is 1. The van der Waals surface area contributed by atoms with E-state index in [1.807, 2.05) is 68.4 Å². The number of H-pyrrole nitrogens is 1. The van der Waals surface area contributed by atoms with Crippen LogP contribution in [0.2, 0.25) is 0 Å². The molecule has 4 heteroatoms. The number of amides is 1. The first-order valence-electron chi connectivity index (χ1n) is 8.05. The van der Waals surface area contributed by atoms with E-state index in [0.717, 1.165) is 16.5 Å². The third-order valence-corrected chi connectivity index (χ3v) is 4.13. The Hall–Kier alpha value is -2.88. The second kappa shape index (κ2) is 6.71. The van der Waals surface area contributed by atoms with E-state index in [0.29, 0.717) is 24.2 Å². The smallest absolute Gasteiger partial charge is 0.254 e. The molecule has 1 amide bonds. The predicted molar refractivity (Wildman–Crippen MR) is 96.2 cm³/mol. The van der Waals surface area contributed by atoms with Crippen molar-refractivity contribution in [3.05, 3.63) is 81.6 Å². The molecule has 2 aromatic carbocycles. The van der Waals surface area contributed by atoms with E-state index < -0.39 is 0 Å². The van der Waals surface area contributed by atoms with E-state index in [9.17, 15) is 9.59 Å². The number of nitrogens with zero attached hydrogens (tertiary/aromatic N) is 1. The van der Waals surface area contributed by atoms with E-state index in [2.05, 4.69) is 4.98 Å². The molecule has 24 heavy (non-hydrogen) atoms. The highest BCUT2D eigenvalue weighted by molar-refractivity contribution is 5.94. The lowest BCUT2D eigenvalue weighted by molar-refractivity contribution is 0.0752. The largest absolute Gasteiger partial charge is 0.334 e. The topological polar surface area (TPSA) is 53.2 Å². The van der Waals surface area contributed by atoms with Crippen LogP contribution >= 0.6 is 0 Å². The van der Waals surface area contributed by atoms with E-state index >= 15 is 0 Å². The Kier molecular flexibility index (Phi) is 4.47. The molecule has 1 N–H and O–H groups in total. The number of aromatic amines is 1. The quantitative estimate of drug-likeness (QED) is 0.800.